The van der Waals surface area contributed by atoms with Gasteiger partial charge in [0.05, 0.1) is 11.2 Å². The molecule has 0 spiro atoms. The second-order valence-corrected chi connectivity index (χ2v) is 5.87. The molecular formula is C18H15ClN2O2. The number of fused-ring (bicyclic) bond motifs is 1. The summed E-state index contributed by atoms with van der Waals surface area (Å²) in [7, 11) is 3.32. The third kappa shape index (κ3) is 2.73. The van der Waals surface area contributed by atoms with Gasteiger partial charge in [0, 0.05) is 30.1 Å². The second kappa shape index (κ2) is 5.89. The molecule has 1 aromatic heterocycles. The van der Waals surface area contributed by atoms with Gasteiger partial charge < -0.3 is 4.90 Å². The van der Waals surface area contributed by atoms with Crippen LogP contribution in [0.5, 0.6) is 0 Å². The van der Waals surface area contributed by atoms with Crippen LogP contribution in [0, 0.1) is 0 Å². The lowest BCUT2D eigenvalue weighted by atomic mass is 10.1. The maximum Gasteiger partial charge on any atom is 0.328 e. The summed E-state index contributed by atoms with van der Waals surface area (Å²) in [6, 6.07) is 15.6. The van der Waals surface area contributed by atoms with E-state index in [9.17, 15) is 9.59 Å². The van der Waals surface area contributed by atoms with Gasteiger partial charge in [-0.15, -0.1) is 0 Å². The smallest absolute Gasteiger partial charge is 0.328 e. The van der Waals surface area contributed by atoms with Crippen molar-refractivity contribution >= 4 is 34.3 Å². The zero-order chi connectivity index (χ0) is 16.6. The van der Waals surface area contributed by atoms with Crippen LogP contribution in [-0.4, -0.2) is 35.4 Å². The molecule has 1 amide bonds. The molecule has 0 unspecified atom stereocenters. The Kier molecular flexibility index (Phi) is 3.92. The Morgan fingerprint density at radius 1 is 1.00 bits per heavy atom. The summed E-state index contributed by atoms with van der Waals surface area (Å²) in [6.07, 6.45) is 0. The first kappa shape index (κ1) is 15.3. The Morgan fingerprint density at radius 2 is 1.65 bits per heavy atom. The molecule has 116 valence electrons. The van der Waals surface area contributed by atoms with Crippen molar-refractivity contribution in [3.63, 3.8) is 0 Å². The monoisotopic (exact) mass is 326 g/mol. The van der Waals surface area contributed by atoms with E-state index in [4.69, 9.17) is 11.6 Å². The zero-order valence-corrected chi connectivity index (χ0v) is 13.5. The highest BCUT2D eigenvalue weighted by molar-refractivity contribution is 6.30. The number of carbonyl (C=O) groups excluding carboxylic acids is 2. The van der Waals surface area contributed by atoms with E-state index < -0.39 is 0 Å². The van der Waals surface area contributed by atoms with Crippen LogP contribution in [0.25, 0.3) is 10.9 Å². The van der Waals surface area contributed by atoms with Gasteiger partial charge in [0.15, 0.2) is 0 Å². The van der Waals surface area contributed by atoms with E-state index in [0.29, 0.717) is 21.8 Å². The number of nitrogens with zero attached hydrogens (tertiary/aromatic N) is 2. The molecule has 0 radical (unpaired) electrons. The van der Waals surface area contributed by atoms with E-state index in [1.165, 1.54) is 9.47 Å². The molecule has 0 saturated carbocycles. The number of amides is 1. The molecule has 3 aromatic rings. The molecule has 2 aromatic carbocycles. The van der Waals surface area contributed by atoms with Crippen molar-refractivity contribution in [2.45, 2.75) is 0 Å². The van der Waals surface area contributed by atoms with Gasteiger partial charge in [-0.1, -0.05) is 29.8 Å². The second-order valence-electron chi connectivity index (χ2n) is 5.44. The van der Waals surface area contributed by atoms with Crippen LogP contribution < -0.4 is 0 Å². The van der Waals surface area contributed by atoms with Gasteiger partial charge in [0.2, 0.25) is 5.78 Å². The first-order chi connectivity index (χ1) is 11.0. The number of para-hydroxylation sites is 1. The minimum absolute atomic E-state index is 0.215. The van der Waals surface area contributed by atoms with Crippen molar-refractivity contribution in [3.05, 3.63) is 70.9 Å². The Hall–Kier alpha value is -2.59. The molecule has 4 nitrogen and oxygen atoms in total. The van der Waals surface area contributed by atoms with Gasteiger partial charge in [-0.3, -0.25) is 9.36 Å². The summed E-state index contributed by atoms with van der Waals surface area (Å²) < 4.78 is 1.45. The van der Waals surface area contributed by atoms with E-state index in [-0.39, 0.29) is 11.8 Å². The first-order valence-corrected chi connectivity index (χ1v) is 7.49. The van der Waals surface area contributed by atoms with Gasteiger partial charge in [-0.05, 0) is 36.4 Å². The minimum atomic E-state index is -0.261. The molecule has 0 atom stereocenters. The fraction of sp³-hybridized carbons (Fsp3) is 0.111. The lowest BCUT2D eigenvalue weighted by molar-refractivity contribution is 0.103. The average Bonchev–Trinajstić information content (AvgIpc) is 2.93. The lowest BCUT2D eigenvalue weighted by Gasteiger charge is -2.14. The van der Waals surface area contributed by atoms with Crippen molar-refractivity contribution in [2.24, 2.45) is 0 Å². The Morgan fingerprint density at radius 3 is 2.30 bits per heavy atom. The van der Waals surface area contributed by atoms with Crippen molar-refractivity contribution < 1.29 is 9.59 Å². The lowest BCUT2D eigenvalue weighted by Crippen LogP contribution is -2.29. The first-order valence-electron chi connectivity index (χ1n) is 7.11. The molecule has 0 bridgehead atoms. The van der Waals surface area contributed by atoms with E-state index in [1.54, 1.807) is 44.4 Å². The molecular weight excluding hydrogens is 312 g/mol. The van der Waals surface area contributed by atoms with Gasteiger partial charge in [-0.2, -0.15) is 0 Å². The molecule has 3 rings (SSSR count). The summed E-state index contributed by atoms with van der Waals surface area (Å²) in [6.45, 7) is 0. The maximum atomic E-state index is 12.8. The van der Waals surface area contributed by atoms with Crippen LogP contribution in [0.15, 0.2) is 54.6 Å². The van der Waals surface area contributed by atoms with Crippen LogP contribution in [0.3, 0.4) is 0 Å². The van der Waals surface area contributed by atoms with Crippen molar-refractivity contribution in [1.82, 2.24) is 9.47 Å². The highest BCUT2D eigenvalue weighted by Crippen LogP contribution is 2.23. The SMILES string of the molecule is CN(C)C(=O)n1c(C(=O)c2ccc(Cl)cc2)cc2ccccc21. The number of rotatable bonds is 2. The number of ketones is 1. The molecule has 0 saturated heterocycles. The van der Waals surface area contributed by atoms with E-state index >= 15 is 0 Å². The quantitative estimate of drug-likeness (QED) is 0.667. The minimum Gasteiger partial charge on any atom is -0.330 e. The average molecular weight is 327 g/mol. The van der Waals surface area contributed by atoms with Gasteiger partial charge in [0.1, 0.15) is 0 Å². The van der Waals surface area contributed by atoms with Crippen LogP contribution in [-0.2, 0) is 0 Å². The molecule has 0 N–H and O–H groups in total. The fourth-order valence-corrected chi connectivity index (χ4v) is 2.60. The number of hydrogen-bond acceptors (Lipinski definition) is 2. The summed E-state index contributed by atoms with van der Waals surface area (Å²) in [5.41, 5.74) is 1.54. The molecule has 0 aliphatic heterocycles. The molecule has 1 heterocycles. The van der Waals surface area contributed by atoms with Crippen molar-refractivity contribution in [2.75, 3.05) is 14.1 Å². The summed E-state index contributed by atoms with van der Waals surface area (Å²) in [5, 5.41) is 1.41. The summed E-state index contributed by atoms with van der Waals surface area (Å²) in [5.74, 6) is -0.215. The highest BCUT2D eigenvalue weighted by atomic mass is 35.5. The standard InChI is InChI=1S/C18H15ClN2O2/c1-20(2)18(23)21-15-6-4-3-5-13(15)11-16(21)17(22)12-7-9-14(19)10-8-12/h3-11H,1-2H3. The number of benzene rings is 2. The zero-order valence-electron chi connectivity index (χ0n) is 12.8. The molecule has 23 heavy (non-hydrogen) atoms. The van der Waals surface area contributed by atoms with Crippen molar-refractivity contribution in [3.8, 4) is 0 Å². The third-order valence-electron chi connectivity index (χ3n) is 3.62. The Bertz CT molecular complexity index is 895. The normalized spacial score (nSPS) is 10.7. The Balaban J connectivity index is 2.20. The predicted molar refractivity (Wildman–Crippen MR) is 91.3 cm³/mol. The van der Waals surface area contributed by atoms with E-state index in [0.717, 1.165) is 5.39 Å². The molecule has 0 aliphatic rings. The maximum absolute atomic E-state index is 12.8. The van der Waals surface area contributed by atoms with Crippen LogP contribution >= 0.6 is 11.6 Å². The Labute approximate surface area is 138 Å². The molecule has 5 heteroatoms. The topological polar surface area (TPSA) is 42.3 Å². The third-order valence-corrected chi connectivity index (χ3v) is 3.88. The van der Waals surface area contributed by atoms with Gasteiger partial charge >= 0.3 is 6.03 Å². The number of carbonyl (C=O) groups is 2. The van der Waals surface area contributed by atoms with Crippen LogP contribution in [0.1, 0.15) is 16.1 Å². The fourth-order valence-electron chi connectivity index (χ4n) is 2.48. The predicted octanol–water partition coefficient (Wildman–Crippen LogP) is 4.06. The number of hydrogen-bond donors (Lipinski definition) is 0. The van der Waals surface area contributed by atoms with Crippen molar-refractivity contribution in [1.29, 1.82) is 0 Å². The number of aromatic nitrogens is 1. The summed E-state index contributed by atoms with van der Waals surface area (Å²) in [4.78, 5) is 26.8. The number of halogens is 1. The highest BCUT2D eigenvalue weighted by Gasteiger charge is 2.22. The van der Waals surface area contributed by atoms with Crippen LogP contribution in [0.4, 0.5) is 4.79 Å². The molecule has 0 fully saturated rings. The largest absolute Gasteiger partial charge is 0.330 e. The van der Waals surface area contributed by atoms with E-state index in [2.05, 4.69) is 0 Å². The summed E-state index contributed by atoms with van der Waals surface area (Å²) >= 11 is 5.87. The van der Waals surface area contributed by atoms with Gasteiger partial charge in [-0.25, -0.2) is 4.79 Å². The van der Waals surface area contributed by atoms with Crippen LogP contribution in [0.2, 0.25) is 5.02 Å². The van der Waals surface area contributed by atoms with E-state index in [1.807, 2.05) is 24.3 Å². The van der Waals surface area contributed by atoms with Gasteiger partial charge in [0.25, 0.3) is 0 Å². The molecule has 0 aliphatic carbocycles.